The minimum atomic E-state index is -2.84. The van der Waals surface area contributed by atoms with Gasteiger partial charge in [0, 0.05) is 25.8 Å². The van der Waals surface area contributed by atoms with E-state index in [4.69, 9.17) is 24.2 Å². The highest BCUT2D eigenvalue weighted by Crippen LogP contribution is 2.41. The summed E-state index contributed by atoms with van der Waals surface area (Å²) in [6.07, 6.45) is -3.99. The number of aliphatic carboxylic acids is 2. The molecular weight excluding hydrogens is 407 g/mol. The Morgan fingerprint density at radius 2 is 2.00 bits per heavy atom. The molecule has 0 saturated carbocycles. The molecular formula is C13H17N2O10PS. The van der Waals surface area contributed by atoms with Gasteiger partial charge in [-0.2, -0.15) is 0 Å². The Morgan fingerprint density at radius 3 is 2.48 bits per heavy atom. The number of carboxylic acid groups (broad SMARTS) is 2. The van der Waals surface area contributed by atoms with Crippen LogP contribution in [0, 0.1) is 5.92 Å². The quantitative estimate of drug-likeness (QED) is 0.238. The van der Waals surface area contributed by atoms with Gasteiger partial charge in [0.15, 0.2) is 12.1 Å². The summed E-state index contributed by atoms with van der Waals surface area (Å²) in [4.78, 5) is 47.7. The molecule has 1 aliphatic heterocycles. The number of thiol groups is 1. The van der Waals surface area contributed by atoms with Crippen molar-refractivity contribution in [3.63, 3.8) is 0 Å². The van der Waals surface area contributed by atoms with E-state index < -0.39 is 67.3 Å². The molecule has 0 spiro atoms. The monoisotopic (exact) mass is 424 g/mol. The highest BCUT2D eigenvalue weighted by Gasteiger charge is 2.49. The van der Waals surface area contributed by atoms with Gasteiger partial charge in [-0.25, -0.2) is 4.79 Å². The molecule has 2 heterocycles. The van der Waals surface area contributed by atoms with Crippen LogP contribution in [0.3, 0.4) is 0 Å². The third-order valence-corrected chi connectivity index (χ3v) is 4.77. The first-order valence-corrected chi connectivity index (χ1v) is 10.1. The zero-order chi connectivity index (χ0) is 20.3. The minimum Gasteiger partial charge on any atom is -0.481 e. The van der Waals surface area contributed by atoms with E-state index in [1.165, 1.54) is 7.11 Å². The first kappa shape index (κ1) is 21.4. The second-order valence-corrected chi connectivity index (χ2v) is 7.46. The van der Waals surface area contributed by atoms with Gasteiger partial charge in [0.25, 0.3) is 5.56 Å². The molecule has 3 unspecified atom stereocenters. The number of hydrogen-bond acceptors (Lipinski definition) is 8. The lowest BCUT2D eigenvalue weighted by Crippen LogP contribution is -2.39. The predicted molar refractivity (Wildman–Crippen MR) is 92.3 cm³/mol. The molecule has 0 aliphatic carbocycles. The highest BCUT2D eigenvalue weighted by atomic mass is 32.7. The summed E-state index contributed by atoms with van der Waals surface area (Å²) in [5.41, 5.74) is -1.48. The van der Waals surface area contributed by atoms with Crippen LogP contribution >= 0.6 is 19.5 Å². The second-order valence-electron chi connectivity index (χ2n) is 5.60. The molecule has 1 fully saturated rings. The Kier molecular flexibility index (Phi) is 7.00. The largest absolute Gasteiger partial charge is 0.481 e. The van der Waals surface area contributed by atoms with Crippen molar-refractivity contribution in [2.75, 3.05) is 7.11 Å². The minimum absolute atomic E-state index is 0.535. The Hall–Kier alpha value is -1.92. The second kappa shape index (κ2) is 8.85. The van der Waals surface area contributed by atoms with E-state index in [1.807, 2.05) is 4.98 Å². The molecule has 14 heteroatoms. The predicted octanol–water partition coefficient (Wildman–Crippen LogP) is -0.671. The van der Waals surface area contributed by atoms with E-state index in [2.05, 4.69) is 12.2 Å². The molecule has 0 aromatic carbocycles. The molecule has 3 N–H and O–H groups in total. The topological polar surface area (TPSA) is 174 Å². The molecule has 1 aromatic rings. The molecule has 0 bridgehead atoms. The summed E-state index contributed by atoms with van der Waals surface area (Å²) in [6, 6.07) is 1.05. The van der Waals surface area contributed by atoms with Crippen molar-refractivity contribution in [2.24, 2.45) is 5.92 Å². The van der Waals surface area contributed by atoms with Crippen molar-refractivity contribution in [1.82, 2.24) is 9.55 Å². The molecule has 150 valence electrons. The Balaban J connectivity index is 2.41. The fourth-order valence-electron chi connectivity index (χ4n) is 2.80. The molecule has 1 aromatic heterocycles. The van der Waals surface area contributed by atoms with Crippen molar-refractivity contribution in [1.29, 1.82) is 0 Å². The number of H-pyrrole nitrogens is 1. The Labute approximate surface area is 157 Å². The van der Waals surface area contributed by atoms with Crippen LogP contribution in [0.2, 0.25) is 0 Å². The molecule has 12 nitrogen and oxygen atoms in total. The summed E-state index contributed by atoms with van der Waals surface area (Å²) in [5.74, 6) is -5.02. The smallest absolute Gasteiger partial charge is 0.330 e. The van der Waals surface area contributed by atoms with Crippen LogP contribution in [0.25, 0.3) is 0 Å². The number of methoxy groups -OCH3 is 1. The van der Waals surface area contributed by atoms with Crippen LogP contribution in [-0.2, 0) is 28.2 Å². The zero-order valence-electron chi connectivity index (χ0n) is 13.8. The number of carbonyl (C=O) groups is 2. The number of nitrogens with zero attached hydrogens (tertiary/aromatic N) is 1. The van der Waals surface area contributed by atoms with Gasteiger partial charge in [0.2, 0.25) is 7.23 Å². The van der Waals surface area contributed by atoms with Crippen molar-refractivity contribution in [2.45, 2.75) is 31.0 Å². The van der Waals surface area contributed by atoms with Crippen LogP contribution in [-0.4, -0.2) is 57.1 Å². The van der Waals surface area contributed by atoms with Crippen LogP contribution < -0.4 is 11.2 Å². The average Bonchev–Trinajstić information content (AvgIpc) is 2.88. The molecule has 2 rings (SSSR count). The van der Waals surface area contributed by atoms with E-state index in [0.717, 1.165) is 16.8 Å². The number of nitrogens with one attached hydrogen (secondary N) is 1. The lowest BCUT2D eigenvalue weighted by Gasteiger charge is -2.23. The van der Waals surface area contributed by atoms with E-state index >= 15 is 0 Å². The van der Waals surface area contributed by atoms with Gasteiger partial charge in [-0.1, -0.05) is 12.2 Å². The first-order chi connectivity index (χ1) is 12.6. The Bertz CT molecular complexity index is 840. The van der Waals surface area contributed by atoms with Gasteiger partial charge in [-0.15, -0.1) is 0 Å². The summed E-state index contributed by atoms with van der Waals surface area (Å²) in [5, 5.41) is 18.2. The van der Waals surface area contributed by atoms with Gasteiger partial charge in [0.05, 0.1) is 6.10 Å². The normalized spacial score (nSPS) is 26.2. The number of rotatable bonds is 8. The first-order valence-electron chi connectivity index (χ1n) is 7.50. The van der Waals surface area contributed by atoms with Crippen molar-refractivity contribution in [3.05, 3.63) is 33.1 Å². The third-order valence-electron chi connectivity index (χ3n) is 3.98. The SMILES string of the molecule is CO[C@H]1C(O[PH](=O)S)C(CC(C(=O)O)C(=O)O)O[C@H]1n1ccc(=O)[nH]c1=O. The molecule has 0 amide bonds. The summed E-state index contributed by atoms with van der Waals surface area (Å²) in [6.45, 7) is 0. The Morgan fingerprint density at radius 1 is 1.37 bits per heavy atom. The highest BCUT2D eigenvalue weighted by molar-refractivity contribution is 8.39. The van der Waals surface area contributed by atoms with Crippen LogP contribution in [0.5, 0.6) is 0 Å². The lowest BCUT2D eigenvalue weighted by atomic mass is 9.97. The molecule has 1 saturated heterocycles. The van der Waals surface area contributed by atoms with Crippen LogP contribution in [0.1, 0.15) is 12.6 Å². The summed E-state index contributed by atoms with van der Waals surface area (Å²) in [7, 11) is -1.60. The van der Waals surface area contributed by atoms with Gasteiger partial charge in [0.1, 0.15) is 12.2 Å². The fraction of sp³-hybridized carbons (Fsp3) is 0.538. The zero-order valence-corrected chi connectivity index (χ0v) is 15.7. The van der Waals surface area contributed by atoms with Gasteiger partial charge >= 0.3 is 17.6 Å². The van der Waals surface area contributed by atoms with Crippen molar-refractivity contribution in [3.8, 4) is 0 Å². The summed E-state index contributed by atoms with van der Waals surface area (Å²) >= 11 is 3.68. The molecule has 5 atom stereocenters. The maximum absolute atomic E-state index is 12.0. The van der Waals surface area contributed by atoms with Crippen LogP contribution in [0.15, 0.2) is 21.9 Å². The number of ether oxygens (including phenoxy) is 2. The van der Waals surface area contributed by atoms with Gasteiger partial charge < -0.3 is 24.2 Å². The fourth-order valence-corrected chi connectivity index (χ4v) is 3.68. The van der Waals surface area contributed by atoms with Gasteiger partial charge in [-0.05, 0) is 0 Å². The van der Waals surface area contributed by atoms with Crippen LogP contribution in [0.4, 0.5) is 0 Å². The average molecular weight is 424 g/mol. The number of hydrogen-bond donors (Lipinski definition) is 4. The molecule has 27 heavy (non-hydrogen) atoms. The lowest BCUT2D eigenvalue weighted by molar-refractivity contribution is -0.157. The van der Waals surface area contributed by atoms with E-state index in [1.54, 1.807) is 0 Å². The molecule has 0 radical (unpaired) electrons. The van der Waals surface area contributed by atoms with Crippen molar-refractivity contribution < 1.29 is 38.4 Å². The maximum atomic E-state index is 12.0. The number of aromatic amines is 1. The van der Waals surface area contributed by atoms with E-state index in [9.17, 15) is 23.7 Å². The number of carboxylic acids is 2. The maximum Gasteiger partial charge on any atom is 0.330 e. The standard InChI is InChI=1S/C13H17N2O10PS/c1-23-9-8(25-26(22)27)6(4-5(11(17)18)12(19)20)24-10(9)15-3-2-7(16)14-13(15)21/h2-3,5-6,8-10,26H,4H2,1H3,(H,17,18)(H,19,20)(H,22,27)(H,14,16,21)/t6?,8?,9-,10+/m0/s1. The third kappa shape index (κ3) is 4.87. The van der Waals surface area contributed by atoms with Gasteiger partial charge in [-0.3, -0.25) is 28.5 Å². The van der Waals surface area contributed by atoms with E-state index in [0.29, 0.717) is 0 Å². The summed E-state index contributed by atoms with van der Waals surface area (Å²) < 4.78 is 28.5. The number of aromatic nitrogens is 2. The van der Waals surface area contributed by atoms with E-state index in [-0.39, 0.29) is 0 Å². The van der Waals surface area contributed by atoms with Crippen molar-refractivity contribution >= 4 is 31.4 Å². The molecule has 1 aliphatic rings.